The Labute approximate surface area is 174 Å². The number of rotatable bonds is 8. The van der Waals surface area contributed by atoms with Gasteiger partial charge in [-0.1, -0.05) is 12.1 Å². The predicted molar refractivity (Wildman–Crippen MR) is 107 cm³/mol. The van der Waals surface area contributed by atoms with E-state index in [9.17, 15) is 14.4 Å². The van der Waals surface area contributed by atoms with Crippen molar-refractivity contribution in [2.75, 3.05) is 20.3 Å². The van der Waals surface area contributed by atoms with E-state index in [0.717, 1.165) is 0 Å². The second-order valence-electron chi connectivity index (χ2n) is 6.86. The van der Waals surface area contributed by atoms with Gasteiger partial charge in [-0.15, -0.1) is 0 Å². The van der Waals surface area contributed by atoms with E-state index < -0.39 is 17.7 Å². The number of hydrogen-bond acceptors (Lipinski definition) is 8. The fourth-order valence-corrected chi connectivity index (χ4v) is 3.49. The zero-order chi connectivity index (χ0) is 21.7. The van der Waals surface area contributed by atoms with Crippen LogP contribution in [0.2, 0.25) is 0 Å². The van der Waals surface area contributed by atoms with Crippen molar-refractivity contribution >= 4 is 28.8 Å². The van der Waals surface area contributed by atoms with Gasteiger partial charge in [-0.3, -0.25) is 14.4 Å². The van der Waals surface area contributed by atoms with Crippen LogP contribution in [0.5, 0.6) is 5.75 Å². The molecule has 2 atom stereocenters. The Morgan fingerprint density at radius 3 is 2.60 bits per heavy atom. The molecular formula is C22H25NO7. The van der Waals surface area contributed by atoms with Crippen LogP contribution in [0.25, 0.3) is 11.1 Å². The molecule has 1 heterocycles. The summed E-state index contributed by atoms with van der Waals surface area (Å²) in [7, 11) is 1.50. The van der Waals surface area contributed by atoms with Gasteiger partial charge in [-0.25, -0.2) is 4.98 Å². The molecular weight excluding hydrogens is 390 g/mol. The van der Waals surface area contributed by atoms with Crippen LogP contribution >= 0.6 is 0 Å². The summed E-state index contributed by atoms with van der Waals surface area (Å²) in [6.45, 7) is 3.86. The van der Waals surface area contributed by atoms with E-state index in [2.05, 4.69) is 4.98 Å². The smallest absolute Gasteiger partial charge is 0.326 e. The number of para-hydroxylation sites is 1. The van der Waals surface area contributed by atoms with Gasteiger partial charge in [0.15, 0.2) is 22.8 Å². The second kappa shape index (κ2) is 9.56. The molecule has 8 heteroatoms. The maximum Gasteiger partial charge on any atom is 0.326 e. The van der Waals surface area contributed by atoms with E-state index in [1.54, 1.807) is 38.1 Å². The number of aromatic nitrogens is 1. The molecule has 0 aliphatic heterocycles. The average Bonchev–Trinajstić information content (AvgIpc) is 3.18. The number of allylic oxidation sites excluding steroid dienone is 2. The lowest BCUT2D eigenvalue weighted by Gasteiger charge is -2.21. The second-order valence-corrected chi connectivity index (χ2v) is 6.86. The van der Waals surface area contributed by atoms with E-state index in [0.29, 0.717) is 48.3 Å². The number of hydrogen-bond donors (Lipinski definition) is 0. The van der Waals surface area contributed by atoms with Crippen LogP contribution in [0.1, 0.15) is 44.9 Å². The number of fused-ring (bicyclic) bond motifs is 1. The summed E-state index contributed by atoms with van der Waals surface area (Å²) < 4.78 is 21.2. The normalized spacial score (nSPS) is 17.2. The highest BCUT2D eigenvalue weighted by Crippen LogP contribution is 2.33. The third-order valence-electron chi connectivity index (χ3n) is 5.00. The molecule has 0 radical (unpaired) electrons. The summed E-state index contributed by atoms with van der Waals surface area (Å²) in [5.74, 6) is -2.57. The van der Waals surface area contributed by atoms with E-state index in [1.807, 2.05) is 0 Å². The van der Waals surface area contributed by atoms with Crippen molar-refractivity contribution in [3.05, 3.63) is 35.7 Å². The molecule has 0 saturated heterocycles. The summed E-state index contributed by atoms with van der Waals surface area (Å²) in [6, 6.07) is 5.14. The van der Waals surface area contributed by atoms with Crippen LogP contribution in [-0.2, 0) is 23.9 Å². The molecule has 2 unspecified atom stereocenters. The number of ether oxygens (including phenoxy) is 3. The molecule has 0 fully saturated rings. The summed E-state index contributed by atoms with van der Waals surface area (Å²) in [5, 5.41) is 0. The van der Waals surface area contributed by atoms with Gasteiger partial charge in [0.2, 0.25) is 5.89 Å². The number of esters is 2. The first kappa shape index (κ1) is 21.5. The highest BCUT2D eigenvalue weighted by Gasteiger charge is 2.38. The molecule has 0 saturated carbocycles. The van der Waals surface area contributed by atoms with Gasteiger partial charge >= 0.3 is 11.9 Å². The van der Waals surface area contributed by atoms with Gasteiger partial charge in [-0.05, 0) is 50.8 Å². The molecule has 2 aromatic rings. The van der Waals surface area contributed by atoms with Crippen molar-refractivity contribution in [1.82, 2.24) is 4.98 Å². The number of Topliss-reactive ketones (excluding diaryl/α,β-unsaturated/α-hetero) is 1. The van der Waals surface area contributed by atoms with Crippen molar-refractivity contribution in [3.63, 3.8) is 0 Å². The highest BCUT2D eigenvalue weighted by molar-refractivity contribution is 6.12. The number of benzene rings is 1. The zero-order valence-electron chi connectivity index (χ0n) is 17.3. The molecule has 8 nitrogen and oxygen atoms in total. The largest absolute Gasteiger partial charge is 0.494 e. The van der Waals surface area contributed by atoms with E-state index >= 15 is 0 Å². The number of carbonyl (C=O) groups excluding carboxylic acids is 3. The molecule has 0 amide bonds. The first-order valence-corrected chi connectivity index (χ1v) is 10.00. The number of ketones is 1. The number of carbonyl (C=O) groups is 3. The van der Waals surface area contributed by atoms with Crippen molar-refractivity contribution in [2.24, 2.45) is 5.92 Å². The predicted octanol–water partition coefficient (Wildman–Crippen LogP) is 3.34. The molecule has 0 spiro atoms. The van der Waals surface area contributed by atoms with Crippen LogP contribution in [0.3, 0.4) is 0 Å². The van der Waals surface area contributed by atoms with Gasteiger partial charge in [0.25, 0.3) is 0 Å². The fraction of sp³-hybridized carbons (Fsp3) is 0.455. The van der Waals surface area contributed by atoms with Gasteiger partial charge in [0.1, 0.15) is 5.75 Å². The van der Waals surface area contributed by atoms with Crippen molar-refractivity contribution < 1.29 is 33.0 Å². The molecule has 30 heavy (non-hydrogen) atoms. The van der Waals surface area contributed by atoms with Crippen LogP contribution in [0, 0.1) is 5.92 Å². The summed E-state index contributed by atoms with van der Waals surface area (Å²) in [6.07, 6.45) is 2.93. The molecule has 1 aliphatic carbocycles. The summed E-state index contributed by atoms with van der Waals surface area (Å²) in [5.41, 5.74) is 1.30. The Balaban J connectivity index is 1.90. The maximum absolute atomic E-state index is 13.2. The van der Waals surface area contributed by atoms with Crippen LogP contribution in [0.4, 0.5) is 0 Å². The third kappa shape index (κ3) is 4.37. The minimum Gasteiger partial charge on any atom is -0.494 e. The standard InChI is InChI=1S/C22H25NO7/c1-4-28-21(25)14-11-9-13(10-12-14)19(24)17(22(26)29-5-2)20-23-18-15(27-3)7-6-8-16(18)30-20/h6-9,14,17H,4-5,10-12H2,1-3H3. The van der Waals surface area contributed by atoms with Gasteiger partial charge in [-0.2, -0.15) is 0 Å². The minimum absolute atomic E-state index is 0.0358. The zero-order valence-corrected chi connectivity index (χ0v) is 17.3. The number of nitrogens with zero attached hydrogens (tertiary/aromatic N) is 1. The molecule has 3 rings (SSSR count). The fourth-order valence-electron chi connectivity index (χ4n) is 3.49. The third-order valence-corrected chi connectivity index (χ3v) is 5.00. The quantitative estimate of drug-likeness (QED) is 0.477. The van der Waals surface area contributed by atoms with Gasteiger partial charge in [0.05, 0.1) is 26.2 Å². The number of oxazole rings is 1. The summed E-state index contributed by atoms with van der Waals surface area (Å²) >= 11 is 0. The lowest BCUT2D eigenvalue weighted by Crippen LogP contribution is -2.28. The Morgan fingerprint density at radius 1 is 1.20 bits per heavy atom. The van der Waals surface area contributed by atoms with Crippen molar-refractivity contribution in [1.29, 1.82) is 0 Å². The number of methoxy groups -OCH3 is 1. The summed E-state index contributed by atoms with van der Waals surface area (Å²) in [4.78, 5) is 42.2. The average molecular weight is 415 g/mol. The van der Waals surface area contributed by atoms with E-state index in [4.69, 9.17) is 18.6 Å². The Hall–Kier alpha value is -3.16. The molecule has 0 bridgehead atoms. The molecule has 1 aliphatic rings. The SMILES string of the molecule is CCOC(=O)C1CC=C(C(=O)C(C(=O)OCC)c2nc3c(OC)cccc3o2)CC1. The molecule has 1 aromatic heterocycles. The molecule has 0 N–H and O–H groups in total. The van der Waals surface area contributed by atoms with Crippen LogP contribution in [-0.4, -0.2) is 43.0 Å². The van der Waals surface area contributed by atoms with Crippen molar-refractivity contribution in [2.45, 2.75) is 39.0 Å². The van der Waals surface area contributed by atoms with Crippen LogP contribution < -0.4 is 4.74 Å². The lowest BCUT2D eigenvalue weighted by molar-refractivity contribution is -0.149. The maximum atomic E-state index is 13.2. The minimum atomic E-state index is -1.31. The molecule has 1 aromatic carbocycles. The first-order valence-electron chi connectivity index (χ1n) is 10.00. The topological polar surface area (TPSA) is 105 Å². The monoisotopic (exact) mass is 415 g/mol. The lowest BCUT2D eigenvalue weighted by atomic mass is 9.84. The Morgan fingerprint density at radius 2 is 1.97 bits per heavy atom. The molecule has 160 valence electrons. The van der Waals surface area contributed by atoms with E-state index in [1.165, 1.54) is 7.11 Å². The first-order chi connectivity index (χ1) is 14.5. The Bertz CT molecular complexity index is 975. The highest BCUT2D eigenvalue weighted by atomic mass is 16.5. The van der Waals surface area contributed by atoms with Crippen LogP contribution in [0.15, 0.2) is 34.3 Å². The Kier molecular flexibility index (Phi) is 6.87. The van der Waals surface area contributed by atoms with Gasteiger partial charge in [0, 0.05) is 0 Å². The van der Waals surface area contributed by atoms with Crippen molar-refractivity contribution in [3.8, 4) is 5.75 Å². The van der Waals surface area contributed by atoms with Gasteiger partial charge < -0.3 is 18.6 Å². The van der Waals surface area contributed by atoms with E-state index in [-0.39, 0.29) is 24.4 Å².